The Kier molecular flexibility index (Phi) is 5.00. The SMILES string of the molecule is Cc1nn(CC(=O)Nc2cnn(Cc3cccc4ccccc34)c2)c(C)c1Br. The summed E-state index contributed by atoms with van der Waals surface area (Å²) < 4.78 is 4.45. The number of benzene rings is 2. The molecule has 0 aliphatic carbocycles. The highest BCUT2D eigenvalue weighted by Crippen LogP contribution is 2.21. The van der Waals surface area contributed by atoms with Crippen molar-refractivity contribution in [1.29, 1.82) is 0 Å². The zero-order chi connectivity index (χ0) is 19.7. The monoisotopic (exact) mass is 437 g/mol. The van der Waals surface area contributed by atoms with Crippen LogP contribution in [0.15, 0.2) is 59.3 Å². The summed E-state index contributed by atoms with van der Waals surface area (Å²) in [7, 11) is 0. The van der Waals surface area contributed by atoms with Crippen LogP contribution in [-0.2, 0) is 17.9 Å². The highest BCUT2D eigenvalue weighted by Gasteiger charge is 2.12. The molecular weight excluding hydrogens is 418 g/mol. The molecule has 0 aliphatic rings. The van der Waals surface area contributed by atoms with Crippen LogP contribution in [0.3, 0.4) is 0 Å². The Balaban J connectivity index is 1.45. The van der Waals surface area contributed by atoms with Gasteiger partial charge in [-0.1, -0.05) is 42.5 Å². The van der Waals surface area contributed by atoms with Crippen LogP contribution in [0.25, 0.3) is 10.8 Å². The Morgan fingerprint density at radius 1 is 1.14 bits per heavy atom. The number of hydrogen-bond acceptors (Lipinski definition) is 3. The average molecular weight is 438 g/mol. The number of amides is 1. The fraction of sp³-hybridized carbons (Fsp3) is 0.190. The van der Waals surface area contributed by atoms with Gasteiger partial charge in [-0.25, -0.2) is 0 Å². The van der Waals surface area contributed by atoms with Gasteiger partial charge in [-0.3, -0.25) is 14.2 Å². The standard InChI is InChI=1S/C21H20BrN5O/c1-14-21(22)15(2)27(25-14)13-20(28)24-18-10-23-26(12-18)11-17-8-5-7-16-6-3-4-9-19(16)17/h3-10,12H,11,13H2,1-2H3,(H,24,28). The molecule has 0 radical (unpaired) electrons. The molecule has 0 atom stereocenters. The van der Waals surface area contributed by atoms with Gasteiger partial charge >= 0.3 is 0 Å². The average Bonchev–Trinajstić information content (AvgIpc) is 3.22. The van der Waals surface area contributed by atoms with Gasteiger partial charge in [0.25, 0.3) is 0 Å². The van der Waals surface area contributed by atoms with E-state index in [9.17, 15) is 4.79 Å². The van der Waals surface area contributed by atoms with Gasteiger partial charge in [-0.05, 0) is 46.1 Å². The third-order valence-electron chi connectivity index (χ3n) is 4.72. The molecule has 0 fully saturated rings. The highest BCUT2D eigenvalue weighted by molar-refractivity contribution is 9.10. The molecule has 2 aromatic heterocycles. The van der Waals surface area contributed by atoms with E-state index < -0.39 is 0 Å². The quantitative estimate of drug-likeness (QED) is 0.506. The third-order valence-corrected chi connectivity index (χ3v) is 5.86. The summed E-state index contributed by atoms with van der Waals surface area (Å²) in [6, 6.07) is 14.5. The van der Waals surface area contributed by atoms with E-state index in [2.05, 4.69) is 61.8 Å². The van der Waals surface area contributed by atoms with Crippen molar-refractivity contribution in [2.45, 2.75) is 26.9 Å². The van der Waals surface area contributed by atoms with Crippen molar-refractivity contribution in [3.05, 3.63) is 76.3 Å². The van der Waals surface area contributed by atoms with Crippen molar-refractivity contribution in [3.8, 4) is 0 Å². The van der Waals surface area contributed by atoms with E-state index in [0.717, 1.165) is 15.9 Å². The minimum absolute atomic E-state index is 0.136. The molecule has 0 bridgehead atoms. The lowest BCUT2D eigenvalue weighted by Gasteiger charge is -2.07. The van der Waals surface area contributed by atoms with Crippen LogP contribution < -0.4 is 5.32 Å². The molecule has 28 heavy (non-hydrogen) atoms. The molecule has 4 rings (SSSR count). The molecule has 0 spiro atoms. The number of carbonyl (C=O) groups is 1. The molecule has 1 amide bonds. The number of aryl methyl sites for hydroxylation is 1. The van der Waals surface area contributed by atoms with Gasteiger partial charge in [0.05, 0.1) is 34.3 Å². The first kappa shape index (κ1) is 18.4. The predicted octanol–water partition coefficient (Wildman–Crippen LogP) is 4.30. The first-order chi connectivity index (χ1) is 13.5. The van der Waals surface area contributed by atoms with Gasteiger partial charge < -0.3 is 5.32 Å². The van der Waals surface area contributed by atoms with Gasteiger partial charge in [0.2, 0.25) is 5.91 Å². The van der Waals surface area contributed by atoms with Crippen molar-refractivity contribution < 1.29 is 4.79 Å². The van der Waals surface area contributed by atoms with Gasteiger partial charge in [-0.2, -0.15) is 10.2 Å². The second kappa shape index (κ2) is 7.59. The highest BCUT2D eigenvalue weighted by atomic mass is 79.9. The number of rotatable bonds is 5. The predicted molar refractivity (Wildman–Crippen MR) is 113 cm³/mol. The Labute approximate surface area is 171 Å². The third kappa shape index (κ3) is 3.71. The molecule has 142 valence electrons. The van der Waals surface area contributed by atoms with Gasteiger partial charge in [0, 0.05) is 6.20 Å². The topological polar surface area (TPSA) is 64.7 Å². The molecular formula is C21H20BrN5O. The smallest absolute Gasteiger partial charge is 0.246 e. The first-order valence-corrected chi connectivity index (χ1v) is 9.79. The van der Waals surface area contributed by atoms with Crippen molar-refractivity contribution in [1.82, 2.24) is 19.6 Å². The minimum Gasteiger partial charge on any atom is -0.322 e. The maximum atomic E-state index is 12.4. The van der Waals surface area contributed by atoms with Gasteiger partial charge in [-0.15, -0.1) is 0 Å². The van der Waals surface area contributed by atoms with Crippen LogP contribution in [0.4, 0.5) is 5.69 Å². The number of aromatic nitrogens is 4. The normalized spacial score (nSPS) is 11.1. The van der Waals surface area contributed by atoms with Crippen molar-refractivity contribution in [2.24, 2.45) is 0 Å². The zero-order valence-corrected chi connectivity index (χ0v) is 17.3. The Morgan fingerprint density at radius 3 is 2.71 bits per heavy atom. The summed E-state index contributed by atoms with van der Waals surface area (Å²) in [6.07, 6.45) is 3.51. The van der Waals surface area contributed by atoms with E-state index in [4.69, 9.17) is 0 Å². The fourth-order valence-corrected chi connectivity index (χ4v) is 3.57. The van der Waals surface area contributed by atoms with E-state index in [-0.39, 0.29) is 12.5 Å². The second-order valence-corrected chi connectivity index (χ2v) is 7.55. The van der Waals surface area contributed by atoms with Crippen LogP contribution in [0, 0.1) is 13.8 Å². The fourth-order valence-electron chi connectivity index (χ4n) is 3.29. The number of fused-ring (bicyclic) bond motifs is 1. The first-order valence-electron chi connectivity index (χ1n) is 8.99. The lowest BCUT2D eigenvalue weighted by atomic mass is 10.0. The number of hydrogen-bond donors (Lipinski definition) is 1. The summed E-state index contributed by atoms with van der Waals surface area (Å²) >= 11 is 3.48. The summed E-state index contributed by atoms with van der Waals surface area (Å²) in [4.78, 5) is 12.4. The lowest BCUT2D eigenvalue weighted by Crippen LogP contribution is -2.20. The van der Waals surface area contributed by atoms with E-state index in [0.29, 0.717) is 12.2 Å². The van der Waals surface area contributed by atoms with E-state index in [1.165, 1.54) is 16.3 Å². The second-order valence-electron chi connectivity index (χ2n) is 6.76. The van der Waals surface area contributed by atoms with E-state index in [1.807, 2.05) is 36.9 Å². The number of carbonyl (C=O) groups excluding carboxylic acids is 1. The van der Waals surface area contributed by atoms with Crippen LogP contribution in [0.1, 0.15) is 17.0 Å². The molecule has 4 aromatic rings. The van der Waals surface area contributed by atoms with Crippen molar-refractivity contribution in [2.75, 3.05) is 5.32 Å². The number of halogens is 1. The Hall–Kier alpha value is -2.93. The maximum Gasteiger partial charge on any atom is 0.246 e. The summed E-state index contributed by atoms with van der Waals surface area (Å²) in [5.41, 5.74) is 3.66. The molecule has 2 heterocycles. The van der Waals surface area contributed by atoms with Crippen molar-refractivity contribution in [3.63, 3.8) is 0 Å². The van der Waals surface area contributed by atoms with Crippen LogP contribution >= 0.6 is 15.9 Å². The Bertz CT molecular complexity index is 1160. The van der Waals surface area contributed by atoms with E-state index >= 15 is 0 Å². The summed E-state index contributed by atoms with van der Waals surface area (Å²) in [6.45, 7) is 4.64. The van der Waals surface area contributed by atoms with Gasteiger partial charge in [0.15, 0.2) is 0 Å². The zero-order valence-electron chi connectivity index (χ0n) is 15.7. The molecule has 0 unspecified atom stereocenters. The van der Waals surface area contributed by atoms with Crippen LogP contribution in [0.5, 0.6) is 0 Å². The Morgan fingerprint density at radius 2 is 1.93 bits per heavy atom. The summed E-state index contributed by atoms with van der Waals surface area (Å²) in [5.74, 6) is -0.136. The van der Waals surface area contributed by atoms with Gasteiger partial charge in [0.1, 0.15) is 6.54 Å². The van der Waals surface area contributed by atoms with Crippen molar-refractivity contribution >= 4 is 38.3 Å². The molecule has 0 saturated heterocycles. The molecule has 7 heteroatoms. The molecule has 2 aromatic carbocycles. The number of nitrogens with zero attached hydrogens (tertiary/aromatic N) is 4. The van der Waals surface area contributed by atoms with Crippen LogP contribution in [-0.4, -0.2) is 25.5 Å². The lowest BCUT2D eigenvalue weighted by molar-refractivity contribution is -0.116. The minimum atomic E-state index is -0.136. The molecule has 0 aliphatic heterocycles. The largest absolute Gasteiger partial charge is 0.322 e. The molecule has 1 N–H and O–H groups in total. The molecule has 6 nitrogen and oxygen atoms in total. The number of anilines is 1. The summed E-state index contributed by atoms with van der Waals surface area (Å²) in [5, 5.41) is 14.1. The maximum absolute atomic E-state index is 12.4. The van der Waals surface area contributed by atoms with Crippen LogP contribution in [0.2, 0.25) is 0 Å². The molecule has 0 saturated carbocycles. The van der Waals surface area contributed by atoms with E-state index in [1.54, 1.807) is 10.9 Å². The number of nitrogens with one attached hydrogen (secondary N) is 1.